The molecule has 7 nitrogen and oxygen atoms in total. The molecule has 0 aromatic heterocycles. The number of hydrogen-bond donors (Lipinski definition) is 2. The van der Waals surface area contributed by atoms with Crippen molar-refractivity contribution in [1.29, 1.82) is 0 Å². The zero-order valence-electron chi connectivity index (χ0n) is 19.6. The number of hydrogen-bond acceptors (Lipinski definition) is 5. The number of benzene rings is 1. The molecule has 2 rings (SSSR count). The first-order valence-electron chi connectivity index (χ1n) is 11.0. The molecule has 1 unspecified atom stereocenters. The largest absolute Gasteiger partial charge is 0.490 e. The molecule has 1 atom stereocenters. The van der Waals surface area contributed by atoms with Gasteiger partial charge in [-0.25, -0.2) is 0 Å². The summed E-state index contributed by atoms with van der Waals surface area (Å²) in [5, 5.41) is 6.51. The minimum Gasteiger partial charge on any atom is -0.490 e. The van der Waals surface area contributed by atoms with Crippen LogP contribution in [0.25, 0.3) is 0 Å². The number of nitrogens with one attached hydrogen (secondary N) is 2. The van der Waals surface area contributed by atoms with Crippen LogP contribution in [0.1, 0.15) is 26.3 Å². The van der Waals surface area contributed by atoms with Crippen molar-refractivity contribution >= 4 is 29.9 Å². The maximum Gasteiger partial charge on any atom is 0.387 e. The Balaban J connectivity index is 0.00000512. The van der Waals surface area contributed by atoms with E-state index in [0.717, 1.165) is 45.8 Å². The maximum absolute atomic E-state index is 12.9. The molecule has 1 aromatic rings. The fourth-order valence-electron chi connectivity index (χ4n) is 3.66. The van der Waals surface area contributed by atoms with Crippen LogP contribution in [-0.2, 0) is 6.54 Å². The van der Waals surface area contributed by atoms with Gasteiger partial charge in [0.05, 0.1) is 6.61 Å². The second-order valence-electron chi connectivity index (χ2n) is 7.70. The number of ether oxygens (including phenoxy) is 2. The minimum atomic E-state index is -2.92. The van der Waals surface area contributed by atoms with Crippen LogP contribution >= 0.6 is 24.0 Å². The molecule has 0 radical (unpaired) electrons. The first kappa shape index (κ1) is 28.6. The lowest BCUT2D eigenvalue weighted by atomic mass is 10.1. The Morgan fingerprint density at radius 2 is 1.81 bits per heavy atom. The summed E-state index contributed by atoms with van der Waals surface area (Å²) in [6.45, 7) is 11.3. The highest BCUT2D eigenvalue weighted by Gasteiger charge is 2.18. The van der Waals surface area contributed by atoms with E-state index in [2.05, 4.69) is 39.3 Å². The van der Waals surface area contributed by atoms with Gasteiger partial charge in [-0.15, -0.1) is 24.0 Å². The molecule has 0 amide bonds. The van der Waals surface area contributed by atoms with Gasteiger partial charge >= 0.3 is 6.61 Å². The van der Waals surface area contributed by atoms with Gasteiger partial charge in [0, 0.05) is 58.4 Å². The maximum atomic E-state index is 12.9. The highest BCUT2D eigenvalue weighted by Crippen LogP contribution is 2.32. The second kappa shape index (κ2) is 15.4. The molecule has 1 heterocycles. The lowest BCUT2D eigenvalue weighted by molar-refractivity contribution is -0.0520. The fraction of sp³-hybridized carbons (Fsp3) is 0.682. The molecule has 1 saturated heterocycles. The van der Waals surface area contributed by atoms with Crippen molar-refractivity contribution in [3.8, 4) is 11.5 Å². The van der Waals surface area contributed by atoms with E-state index in [4.69, 9.17) is 9.47 Å². The van der Waals surface area contributed by atoms with Crippen molar-refractivity contribution in [3.05, 3.63) is 23.8 Å². The lowest BCUT2D eigenvalue weighted by Gasteiger charge is -2.35. The number of guanidine groups is 1. The first-order chi connectivity index (χ1) is 15.0. The summed E-state index contributed by atoms with van der Waals surface area (Å²) in [6, 6.07) is 5.12. The molecule has 0 spiro atoms. The van der Waals surface area contributed by atoms with Crippen LogP contribution in [0.2, 0.25) is 0 Å². The minimum absolute atomic E-state index is 0. The normalized spacial score (nSPS) is 16.4. The summed E-state index contributed by atoms with van der Waals surface area (Å²) in [7, 11) is 1.69. The molecule has 0 bridgehead atoms. The first-order valence-corrected chi connectivity index (χ1v) is 11.0. The highest BCUT2D eigenvalue weighted by atomic mass is 127. The number of nitrogens with zero attached hydrogens (tertiary/aromatic N) is 3. The van der Waals surface area contributed by atoms with Crippen LogP contribution in [-0.4, -0.2) is 81.8 Å². The van der Waals surface area contributed by atoms with Crippen LogP contribution in [0.4, 0.5) is 8.78 Å². The average molecular weight is 569 g/mol. The predicted molar refractivity (Wildman–Crippen MR) is 136 cm³/mol. The standard InChI is InChI=1S/C22H37F2N5O2.HI/c1-5-28-10-12-29(13-11-28)16-17(3)14-26-22(25-4)27-15-18-8-7-9-19(30-6-2)20(18)31-21(23)24;/h7-9,17,21H,5-6,10-16H2,1-4H3,(H2,25,26,27);1H. The molecule has 0 aliphatic carbocycles. The smallest absolute Gasteiger partial charge is 0.387 e. The Bertz CT molecular complexity index is 688. The number of rotatable bonds is 11. The molecule has 184 valence electrons. The van der Waals surface area contributed by atoms with Crippen molar-refractivity contribution in [1.82, 2.24) is 20.4 Å². The molecule has 2 N–H and O–H groups in total. The Hall–Kier alpha value is -1.40. The average Bonchev–Trinajstić information content (AvgIpc) is 2.76. The van der Waals surface area contributed by atoms with Gasteiger partial charge in [-0.05, 0) is 25.5 Å². The van der Waals surface area contributed by atoms with Crippen molar-refractivity contribution in [2.45, 2.75) is 33.9 Å². The number of piperazine rings is 1. The molecule has 1 aliphatic heterocycles. The van der Waals surface area contributed by atoms with Crippen LogP contribution in [0.15, 0.2) is 23.2 Å². The number of aliphatic imine (C=N–C) groups is 1. The molecule has 1 aliphatic rings. The van der Waals surface area contributed by atoms with Crippen molar-refractivity contribution in [2.75, 3.05) is 59.5 Å². The number of para-hydroxylation sites is 1. The molecule has 0 saturated carbocycles. The van der Waals surface area contributed by atoms with Crippen LogP contribution in [0, 0.1) is 5.92 Å². The van der Waals surface area contributed by atoms with Gasteiger partial charge in [0.25, 0.3) is 0 Å². The Morgan fingerprint density at radius 3 is 2.41 bits per heavy atom. The van der Waals surface area contributed by atoms with E-state index in [0.29, 0.717) is 29.8 Å². The quantitative estimate of drug-likeness (QED) is 0.243. The summed E-state index contributed by atoms with van der Waals surface area (Å²) >= 11 is 0. The van der Waals surface area contributed by atoms with Crippen molar-refractivity contribution in [2.24, 2.45) is 10.9 Å². The number of alkyl halides is 2. The number of halogens is 3. The van der Waals surface area contributed by atoms with E-state index >= 15 is 0 Å². The zero-order chi connectivity index (χ0) is 22.6. The van der Waals surface area contributed by atoms with E-state index in [1.165, 1.54) is 0 Å². The summed E-state index contributed by atoms with van der Waals surface area (Å²) < 4.78 is 35.9. The van der Waals surface area contributed by atoms with Gasteiger partial charge in [-0.2, -0.15) is 8.78 Å². The molecule has 1 aromatic carbocycles. The van der Waals surface area contributed by atoms with E-state index in [1.54, 1.807) is 32.2 Å². The molecule has 1 fully saturated rings. The third-order valence-electron chi connectivity index (χ3n) is 5.34. The number of likely N-dealkylation sites (N-methyl/N-ethyl adjacent to an activating group) is 1. The SMILES string of the molecule is CCOc1cccc(CNC(=NC)NCC(C)CN2CCN(CC)CC2)c1OC(F)F.I. The van der Waals surface area contributed by atoms with Crippen LogP contribution in [0.5, 0.6) is 11.5 Å². The molecule has 32 heavy (non-hydrogen) atoms. The fourth-order valence-corrected chi connectivity index (χ4v) is 3.66. The third-order valence-corrected chi connectivity index (χ3v) is 5.34. The predicted octanol–water partition coefficient (Wildman–Crippen LogP) is 3.24. The van der Waals surface area contributed by atoms with Gasteiger partial charge in [0.1, 0.15) is 0 Å². The van der Waals surface area contributed by atoms with Crippen LogP contribution < -0.4 is 20.1 Å². The van der Waals surface area contributed by atoms with E-state index < -0.39 is 6.61 Å². The lowest BCUT2D eigenvalue weighted by Crippen LogP contribution is -2.48. The Kier molecular flexibility index (Phi) is 13.8. The topological polar surface area (TPSA) is 61.4 Å². The van der Waals surface area contributed by atoms with E-state index in [-0.39, 0.29) is 36.3 Å². The van der Waals surface area contributed by atoms with E-state index in [1.807, 2.05) is 0 Å². The van der Waals surface area contributed by atoms with Gasteiger partial charge in [-0.3, -0.25) is 4.99 Å². The van der Waals surface area contributed by atoms with Gasteiger partial charge < -0.3 is 29.9 Å². The van der Waals surface area contributed by atoms with Crippen LogP contribution in [0.3, 0.4) is 0 Å². The summed E-state index contributed by atoms with van der Waals surface area (Å²) in [4.78, 5) is 9.22. The van der Waals surface area contributed by atoms with Crippen molar-refractivity contribution < 1.29 is 18.3 Å². The van der Waals surface area contributed by atoms with Crippen molar-refractivity contribution in [3.63, 3.8) is 0 Å². The van der Waals surface area contributed by atoms with Gasteiger partial charge in [0.15, 0.2) is 17.5 Å². The summed E-state index contributed by atoms with van der Waals surface area (Å²) in [6.07, 6.45) is 0. The summed E-state index contributed by atoms with van der Waals surface area (Å²) in [5.41, 5.74) is 0.580. The van der Waals surface area contributed by atoms with E-state index in [9.17, 15) is 8.78 Å². The Morgan fingerprint density at radius 1 is 1.12 bits per heavy atom. The zero-order valence-corrected chi connectivity index (χ0v) is 21.9. The Labute approximate surface area is 207 Å². The molecular weight excluding hydrogens is 531 g/mol. The monoisotopic (exact) mass is 569 g/mol. The second-order valence-corrected chi connectivity index (χ2v) is 7.70. The molecule has 10 heteroatoms. The van der Waals surface area contributed by atoms with Gasteiger partial charge in [-0.1, -0.05) is 26.0 Å². The summed E-state index contributed by atoms with van der Waals surface area (Å²) in [5.74, 6) is 1.43. The van der Waals surface area contributed by atoms with Gasteiger partial charge in [0.2, 0.25) is 0 Å². The highest BCUT2D eigenvalue weighted by molar-refractivity contribution is 14.0. The molecular formula is C22H38F2IN5O2. The third kappa shape index (κ3) is 9.62.